The SMILES string of the molecule is CC(=O)OC1C[C@@H](C)CO1. The predicted molar refractivity (Wildman–Crippen MR) is 35.3 cm³/mol. The van der Waals surface area contributed by atoms with Gasteiger partial charge in [0, 0.05) is 13.3 Å². The van der Waals surface area contributed by atoms with Gasteiger partial charge in [-0.2, -0.15) is 0 Å². The molecule has 10 heavy (non-hydrogen) atoms. The van der Waals surface area contributed by atoms with Gasteiger partial charge in [-0.15, -0.1) is 0 Å². The zero-order chi connectivity index (χ0) is 7.56. The number of esters is 1. The van der Waals surface area contributed by atoms with Crippen LogP contribution in [0.15, 0.2) is 0 Å². The van der Waals surface area contributed by atoms with Gasteiger partial charge in [0.15, 0.2) is 0 Å². The number of hydrogen-bond acceptors (Lipinski definition) is 3. The Labute approximate surface area is 60.3 Å². The fraction of sp³-hybridized carbons (Fsp3) is 0.857. The summed E-state index contributed by atoms with van der Waals surface area (Å²) in [6, 6.07) is 0. The first-order chi connectivity index (χ1) is 4.68. The first-order valence-corrected chi connectivity index (χ1v) is 3.47. The topological polar surface area (TPSA) is 35.5 Å². The quantitative estimate of drug-likeness (QED) is 0.513. The molecule has 1 saturated heterocycles. The van der Waals surface area contributed by atoms with E-state index in [2.05, 4.69) is 6.92 Å². The molecule has 0 aromatic rings. The second-order valence-corrected chi connectivity index (χ2v) is 2.71. The van der Waals surface area contributed by atoms with Crippen molar-refractivity contribution in [1.29, 1.82) is 0 Å². The molecule has 0 bridgehead atoms. The van der Waals surface area contributed by atoms with E-state index in [4.69, 9.17) is 9.47 Å². The van der Waals surface area contributed by atoms with Crippen molar-refractivity contribution < 1.29 is 14.3 Å². The summed E-state index contributed by atoms with van der Waals surface area (Å²) in [5, 5.41) is 0. The zero-order valence-electron chi connectivity index (χ0n) is 6.29. The molecular weight excluding hydrogens is 132 g/mol. The summed E-state index contributed by atoms with van der Waals surface area (Å²) in [7, 11) is 0. The standard InChI is InChI=1S/C7H12O3/c1-5-3-7(9-4-5)10-6(2)8/h5,7H,3-4H2,1-2H3/t5-,7?/m1/s1. The number of carbonyl (C=O) groups is 1. The molecule has 0 saturated carbocycles. The van der Waals surface area contributed by atoms with Crippen LogP contribution in [0.4, 0.5) is 0 Å². The average Bonchev–Trinajstić information content (AvgIpc) is 2.13. The van der Waals surface area contributed by atoms with Crippen LogP contribution in [-0.4, -0.2) is 18.9 Å². The number of rotatable bonds is 1. The molecule has 0 aromatic carbocycles. The summed E-state index contributed by atoms with van der Waals surface area (Å²) < 4.78 is 9.95. The highest BCUT2D eigenvalue weighted by atomic mass is 16.7. The summed E-state index contributed by atoms with van der Waals surface area (Å²) >= 11 is 0. The Bertz CT molecular complexity index is 133. The summed E-state index contributed by atoms with van der Waals surface area (Å²) in [4.78, 5) is 10.4. The minimum absolute atomic E-state index is 0.265. The van der Waals surface area contributed by atoms with Crippen LogP contribution < -0.4 is 0 Å². The van der Waals surface area contributed by atoms with Crippen molar-refractivity contribution in [2.75, 3.05) is 6.61 Å². The summed E-state index contributed by atoms with van der Waals surface area (Å²) in [5.74, 6) is 0.253. The molecule has 1 aliphatic heterocycles. The average molecular weight is 144 g/mol. The maximum atomic E-state index is 10.4. The summed E-state index contributed by atoms with van der Waals surface area (Å²) in [5.41, 5.74) is 0. The Morgan fingerprint density at radius 1 is 1.70 bits per heavy atom. The van der Waals surface area contributed by atoms with Gasteiger partial charge in [0.1, 0.15) is 0 Å². The van der Waals surface area contributed by atoms with Gasteiger partial charge in [-0.05, 0) is 5.92 Å². The number of hydrogen-bond donors (Lipinski definition) is 0. The van der Waals surface area contributed by atoms with E-state index in [1.165, 1.54) is 6.92 Å². The highest BCUT2D eigenvalue weighted by Gasteiger charge is 2.23. The molecule has 1 heterocycles. The molecular formula is C7H12O3. The van der Waals surface area contributed by atoms with Gasteiger partial charge < -0.3 is 9.47 Å². The van der Waals surface area contributed by atoms with Gasteiger partial charge in [0.05, 0.1) is 6.61 Å². The van der Waals surface area contributed by atoms with Crippen LogP contribution in [-0.2, 0) is 14.3 Å². The third-order valence-corrected chi connectivity index (χ3v) is 1.46. The molecule has 0 amide bonds. The van der Waals surface area contributed by atoms with E-state index >= 15 is 0 Å². The molecule has 1 fully saturated rings. The minimum Gasteiger partial charge on any atom is -0.436 e. The normalized spacial score (nSPS) is 32.2. The molecule has 58 valence electrons. The predicted octanol–water partition coefficient (Wildman–Crippen LogP) is 0.932. The molecule has 0 N–H and O–H groups in total. The van der Waals surface area contributed by atoms with Gasteiger partial charge in [0.25, 0.3) is 0 Å². The fourth-order valence-electron chi connectivity index (χ4n) is 1.00. The summed E-state index contributed by atoms with van der Waals surface area (Å²) in [6.07, 6.45) is 0.548. The van der Waals surface area contributed by atoms with E-state index in [1.54, 1.807) is 0 Å². The molecule has 3 nitrogen and oxygen atoms in total. The largest absolute Gasteiger partial charge is 0.436 e. The molecule has 1 aliphatic rings. The van der Waals surface area contributed by atoms with Crippen LogP contribution in [0.2, 0.25) is 0 Å². The molecule has 2 atom stereocenters. The Balaban J connectivity index is 2.24. The smallest absolute Gasteiger partial charge is 0.304 e. The lowest BCUT2D eigenvalue weighted by Gasteiger charge is -2.07. The van der Waals surface area contributed by atoms with E-state index in [0.29, 0.717) is 12.5 Å². The maximum absolute atomic E-state index is 10.4. The van der Waals surface area contributed by atoms with Gasteiger partial charge in [-0.25, -0.2) is 0 Å². The van der Waals surface area contributed by atoms with Crippen molar-refractivity contribution in [2.45, 2.75) is 26.6 Å². The Morgan fingerprint density at radius 2 is 2.40 bits per heavy atom. The van der Waals surface area contributed by atoms with Crippen molar-refractivity contribution in [1.82, 2.24) is 0 Å². The number of ether oxygens (including phenoxy) is 2. The van der Waals surface area contributed by atoms with Crippen molar-refractivity contribution in [3.63, 3.8) is 0 Å². The van der Waals surface area contributed by atoms with Crippen molar-refractivity contribution in [3.8, 4) is 0 Å². The minimum atomic E-state index is -0.285. The van der Waals surface area contributed by atoms with Crippen molar-refractivity contribution >= 4 is 5.97 Å². The molecule has 0 aromatic heterocycles. The highest BCUT2D eigenvalue weighted by molar-refractivity contribution is 5.66. The lowest BCUT2D eigenvalue weighted by atomic mass is 10.1. The van der Waals surface area contributed by atoms with Crippen molar-refractivity contribution in [2.24, 2.45) is 5.92 Å². The van der Waals surface area contributed by atoms with E-state index in [1.807, 2.05) is 0 Å². The third-order valence-electron chi connectivity index (χ3n) is 1.46. The zero-order valence-corrected chi connectivity index (χ0v) is 6.29. The summed E-state index contributed by atoms with van der Waals surface area (Å²) in [6.45, 7) is 4.17. The van der Waals surface area contributed by atoms with Crippen LogP contribution >= 0.6 is 0 Å². The van der Waals surface area contributed by atoms with Gasteiger partial charge in [0.2, 0.25) is 6.29 Å². The lowest BCUT2D eigenvalue weighted by molar-refractivity contribution is -0.166. The van der Waals surface area contributed by atoms with Gasteiger partial charge in [-0.3, -0.25) is 4.79 Å². The van der Waals surface area contributed by atoms with Crippen LogP contribution in [0.5, 0.6) is 0 Å². The fourth-order valence-corrected chi connectivity index (χ4v) is 1.00. The molecule has 0 radical (unpaired) electrons. The van der Waals surface area contributed by atoms with Crippen LogP contribution in [0.25, 0.3) is 0 Å². The lowest BCUT2D eigenvalue weighted by Crippen LogP contribution is -2.13. The molecule has 0 spiro atoms. The van der Waals surface area contributed by atoms with Gasteiger partial charge in [-0.1, -0.05) is 6.92 Å². The van der Waals surface area contributed by atoms with Gasteiger partial charge >= 0.3 is 5.97 Å². The monoisotopic (exact) mass is 144 g/mol. The van der Waals surface area contributed by atoms with E-state index in [-0.39, 0.29) is 12.3 Å². The maximum Gasteiger partial charge on any atom is 0.304 e. The Morgan fingerprint density at radius 3 is 2.80 bits per heavy atom. The first-order valence-electron chi connectivity index (χ1n) is 3.47. The third kappa shape index (κ3) is 1.99. The second kappa shape index (κ2) is 3.01. The second-order valence-electron chi connectivity index (χ2n) is 2.71. The van der Waals surface area contributed by atoms with Crippen LogP contribution in [0, 0.1) is 5.92 Å². The number of carbonyl (C=O) groups excluding carboxylic acids is 1. The first kappa shape index (κ1) is 7.54. The van der Waals surface area contributed by atoms with Crippen LogP contribution in [0.3, 0.4) is 0 Å². The van der Waals surface area contributed by atoms with Crippen LogP contribution in [0.1, 0.15) is 20.3 Å². The highest BCUT2D eigenvalue weighted by Crippen LogP contribution is 2.19. The van der Waals surface area contributed by atoms with Crippen molar-refractivity contribution in [3.05, 3.63) is 0 Å². The Hall–Kier alpha value is -0.570. The molecule has 1 rings (SSSR count). The van der Waals surface area contributed by atoms with E-state index < -0.39 is 0 Å². The van der Waals surface area contributed by atoms with E-state index in [0.717, 1.165) is 6.42 Å². The molecule has 1 unspecified atom stereocenters. The molecule has 0 aliphatic carbocycles. The molecule has 3 heteroatoms. The van der Waals surface area contributed by atoms with E-state index in [9.17, 15) is 4.79 Å². The Kier molecular flexibility index (Phi) is 2.27.